The molecule has 25 heavy (non-hydrogen) atoms. The van der Waals surface area contributed by atoms with Crippen LogP contribution in [0.4, 0.5) is 4.39 Å². The van der Waals surface area contributed by atoms with E-state index < -0.39 is 6.10 Å². The smallest absolute Gasteiger partial charge is 0.257 e. The van der Waals surface area contributed by atoms with E-state index in [9.17, 15) is 14.3 Å². The second kappa shape index (κ2) is 6.96. The Kier molecular flexibility index (Phi) is 4.90. The van der Waals surface area contributed by atoms with Crippen LogP contribution in [0.25, 0.3) is 0 Å². The van der Waals surface area contributed by atoms with E-state index in [0.29, 0.717) is 17.9 Å². The number of aliphatic hydroxyl groups excluding tert-OH is 1. The van der Waals surface area contributed by atoms with Crippen LogP contribution < -0.4 is 0 Å². The minimum Gasteiger partial charge on any atom is -0.391 e. The molecule has 6 heteroatoms. The Morgan fingerprint density at radius 2 is 2.04 bits per heavy atom. The van der Waals surface area contributed by atoms with Crippen LogP contribution in [0.15, 0.2) is 30.5 Å². The van der Waals surface area contributed by atoms with Gasteiger partial charge >= 0.3 is 0 Å². The summed E-state index contributed by atoms with van der Waals surface area (Å²) in [6.07, 6.45) is 1.48. The topological polar surface area (TPSA) is 58.4 Å². The first kappa shape index (κ1) is 17.6. The third kappa shape index (κ3) is 3.58. The summed E-state index contributed by atoms with van der Waals surface area (Å²) in [5.74, 6) is -0.0218. The van der Waals surface area contributed by atoms with Crippen molar-refractivity contribution < 1.29 is 14.3 Å². The molecule has 1 aliphatic heterocycles. The summed E-state index contributed by atoms with van der Waals surface area (Å²) in [7, 11) is 0. The van der Waals surface area contributed by atoms with E-state index in [0.717, 1.165) is 17.8 Å². The van der Waals surface area contributed by atoms with Crippen LogP contribution in [0.3, 0.4) is 0 Å². The van der Waals surface area contributed by atoms with Crippen LogP contribution in [0.5, 0.6) is 0 Å². The summed E-state index contributed by atoms with van der Waals surface area (Å²) in [4.78, 5) is 14.7. The molecule has 134 valence electrons. The van der Waals surface area contributed by atoms with Crippen LogP contribution in [0, 0.1) is 18.7 Å². The van der Waals surface area contributed by atoms with E-state index in [-0.39, 0.29) is 24.3 Å². The van der Waals surface area contributed by atoms with Crippen molar-refractivity contribution in [3.05, 3.63) is 53.1 Å². The second-order valence-electron chi connectivity index (χ2n) is 7.13. The Labute approximate surface area is 147 Å². The van der Waals surface area contributed by atoms with E-state index in [1.807, 2.05) is 11.6 Å². The zero-order valence-corrected chi connectivity index (χ0v) is 14.8. The van der Waals surface area contributed by atoms with Crippen LogP contribution >= 0.6 is 0 Å². The molecule has 0 aliphatic carbocycles. The molecule has 2 heterocycles. The number of rotatable bonds is 4. The number of β-amino-alcohol motifs (C(OH)–C–C–N with tert-alkyl or cyclic N) is 1. The van der Waals surface area contributed by atoms with E-state index in [1.54, 1.807) is 23.2 Å². The standard InChI is InChI=1S/C19H24FN3O2/c1-12(2)10-23-13(3)17(9-21-23)19(25)22-11-16(24)8-18(22)14-4-6-15(20)7-5-14/h4-7,9,12,16,18,24H,8,10-11H2,1-3H3/t16-,18-/m0/s1. The van der Waals surface area contributed by atoms with Crippen molar-refractivity contribution in [1.82, 2.24) is 14.7 Å². The van der Waals surface area contributed by atoms with Crippen molar-refractivity contribution in [2.45, 2.75) is 45.9 Å². The number of hydrogen-bond acceptors (Lipinski definition) is 3. The number of halogens is 1. The number of amides is 1. The predicted octanol–water partition coefficient (Wildman–Crippen LogP) is 2.93. The minimum absolute atomic E-state index is 0.140. The molecule has 3 rings (SSSR count). The van der Waals surface area contributed by atoms with Crippen molar-refractivity contribution >= 4 is 5.91 Å². The number of carbonyl (C=O) groups excluding carboxylic acids is 1. The number of nitrogens with zero attached hydrogens (tertiary/aromatic N) is 3. The fourth-order valence-electron chi connectivity index (χ4n) is 3.38. The van der Waals surface area contributed by atoms with Crippen molar-refractivity contribution in [2.75, 3.05) is 6.54 Å². The largest absolute Gasteiger partial charge is 0.391 e. The van der Waals surface area contributed by atoms with Crippen molar-refractivity contribution in [3.8, 4) is 0 Å². The molecule has 0 unspecified atom stereocenters. The average Bonchev–Trinajstić information content (AvgIpc) is 3.11. The molecule has 1 aromatic heterocycles. The predicted molar refractivity (Wildman–Crippen MR) is 92.6 cm³/mol. The zero-order valence-electron chi connectivity index (χ0n) is 14.8. The molecule has 2 atom stereocenters. The maximum Gasteiger partial charge on any atom is 0.257 e. The zero-order chi connectivity index (χ0) is 18.1. The molecule has 1 fully saturated rings. The van der Waals surface area contributed by atoms with Gasteiger partial charge in [0, 0.05) is 18.8 Å². The van der Waals surface area contributed by atoms with E-state index in [2.05, 4.69) is 18.9 Å². The van der Waals surface area contributed by atoms with Crippen LogP contribution in [-0.2, 0) is 6.54 Å². The van der Waals surface area contributed by atoms with Crippen LogP contribution in [0.1, 0.15) is 47.9 Å². The van der Waals surface area contributed by atoms with Gasteiger partial charge < -0.3 is 10.0 Å². The summed E-state index contributed by atoms with van der Waals surface area (Å²) < 4.78 is 15.0. The Morgan fingerprint density at radius 1 is 1.36 bits per heavy atom. The molecule has 1 aromatic carbocycles. The number of carbonyl (C=O) groups is 1. The van der Waals surface area contributed by atoms with Crippen molar-refractivity contribution in [2.24, 2.45) is 5.92 Å². The Hall–Kier alpha value is -2.21. The first-order valence-corrected chi connectivity index (χ1v) is 8.63. The highest BCUT2D eigenvalue weighted by Crippen LogP contribution is 2.33. The third-order valence-corrected chi connectivity index (χ3v) is 4.67. The van der Waals surface area contributed by atoms with Gasteiger partial charge in [-0.25, -0.2) is 4.39 Å². The van der Waals surface area contributed by atoms with Gasteiger partial charge in [0.1, 0.15) is 5.82 Å². The average molecular weight is 345 g/mol. The van der Waals surface area contributed by atoms with Gasteiger partial charge in [0.15, 0.2) is 0 Å². The monoisotopic (exact) mass is 345 g/mol. The molecule has 1 amide bonds. The summed E-state index contributed by atoms with van der Waals surface area (Å²) in [5.41, 5.74) is 2.22. The van der Waals surface area contributed by atoms with Crippen LogP contribution in [0.2, 0.25) is 0 Å². The van der Waals surface area contributed by atoms with Gasteiger partial charge in [-0.15, -0.1) is 0 Å². The van der Waals surface area contributed by atoms with Gasteiger partial charge in [0.25, 0.3) is 5.91 Å². The molecule has 5 nitrogen and oxygen atoms in total. The lowest BCUT2D eigenvalue weighted by atomic mass is 10.0. The highest BCUT2D eigenvalue weighted by molar-refractivity contribution is 5.95. The summed E-state index contributed by atoms with van der Waals surface area (Å²) in [6, 6.07) is 5.86. The minimum atomic E-state index is -0.579. The number of likely N-dealkylation sites (tertiary alicyclic amines) is 1. The first-order valence-electron chi connectivity index (χ1n) is 8.63. The Balaban J connectivity index is 1.87. The maximum absolute atomic E-state index is 13.2. The van der Waals surface area contributed by atoms with Gasteiger partial charge in [-0.3, -0.25) is 9.48 Å². The summed E-state index contributed by atoms with van der Waals surface area (Å²) >= 11 is 0. The fourth-order valence-corrected chi connectivity index (χ4v) is 3.38. The lowest BCUT2D eigenvalue weighted by Crippen LogP contribution is -2.32. The highest BCUT2D eigenvalue weighted by atomic mass is 19.1. The SMILES string of the molecule is Cc1c(C(=O)N2C[C@@H](O)C[C@H]2c2ccc(F)cc2)cnn1CC(C)C. The van der Waals surface area contributed by atoms with Crippen molar-refractivity contribution in [1.29, 1.82) is 0 Å². The third-order valence-electron chi connectivity index (χ3n) is 4.67. The van der Waals surface area contributed by atoms with E-state index >= 15 is 0 Å². The molecule has 1 aliphatic rings. The summed E-state index contributed by atoms with van der Waals surface area (Å²) in [6.45, 7) is 7.12. The number of hydrogen-bond donors (Lipinski definition) is 1. The van der Waals surface area contributed by atoms with Crippen molar-refractivity contribution in [3.63, 3.8) is 0 Å². The van der Waals surface area contributed by atoms with Crippen LogP contribution in [-0.4, -0.2) is 38.3 Å². The molecule has 1 saturated heterocycles. The molecule has 1 N–H and O–H groups in total. The van der Waals surface area contributed by atoms with E-state index in [1.165, 1.54) is 12.1 Å². The Bertz CT molecular complexity index is 755. The molecule has 0 radical (unpaired) electrons. The molecule has 0 bridgehead atoms. The number of aliphatic hydroxyl groups is 1. The van der Waals surface area contributed by atoms with Gasteiger partial charge in [0.05, 0.1) is 23.9 Å². The Morgan fingerprint density at radius 3 is 2.68 bits per heavy atom. The second-order valence-corrected chi connectivity index (χ2v) is 7.13. The molecule has 0 spiro atoms. The molecule has 2 aromatic rings. The number of aromatic nitrogens is 2. The lowest BCUT2D eigenvalue weighted by Gasteiger charge is -2.24. The highest BCUT2D eigenvalue weighted by Gasteiger charge is 2.36. The van der Waals surface area contributed by atoms with E-state index in [4.69, 9.17) is 0 Å². The van der Waals surface area contributed by atoms with Gasteiger partial charge in [0.2, 0.25) is 0 Å². The molecular weight excluding hydrogens is 321 g/mol. The number of benzene rings is 1. The summed E-state index contributed by atoms with van der Waals surface area (Å²) in [5, 5.41) is 14.4. The maximum atomic E-state index is 13.2. The lowest BCUT2D eigenvalue weighted by molar-refractivity contribution is 0.0715. The quantitative estimate of drug-likeness (QED) is 0.927. The molecule has 0 saturated carbocycles. The molecular formula is C19H24FN3O2. The van der Waals surface area contributed by atoms with Gasteiger partial charge in [-0.1, -0.05) is 26.0 Å². The van der Waals surface area contributed by atoms with Gasteiger partial charge in [-0.05, 0) is 37.0 Å². The normalized spacial score (nSPS) is 20.5. The van der Waals surface area contributed by atoms with Gasteiger partial charge in [-0.2, -0.15) is 5.10 Å². The first-order chi connectivity index (χ1) is 11.9. The fraction of sp³-hybridized carbons (Fsp3) is 0.474.